The monoisotopic (exact) mass is 302 g/mol. The van der Waals surface area contributed by atoms with Crippen molar-refractivity contribution in [2.24, 2.45) is 0 Å². The fourth-order valence-electron chi connectivity index (χ4n) is 2.02. The maximum absolute atomic E-state index is 5.67. The van der Waals surface area contributed by atoms with Gasteiger partial charge in [-0.3, -0.25) is 0 Å². The zero-order valence-corrected chi connectivity index (χ0v) is 10.3. The highest BCUT2D eigenvalue weighted by atomic mass is 127. The summed E-state index contributed by atoms with van der Waals surface area (Å²) in [6.45, 7) is 0.924. The van der Waals surface area contributed by atoms with Crippen LogP contribution in [0.25, 0.3) is 0 Å². The Morgan fingerprint density at radius 1 is 1.29 bits per heavy atom. The zero-order chi connectivity index (χ0) is 9.80. The van der Waals surface area contributed by atoms with E-state index in [2.05, 4.69) is 52.9 Å². The van der Waals surface area contributed by atoms with E-state index in [1.807, 2.05) is 0 Å². The molecule has 2 heteroatoms. The van der Waals surface area contributed by atoms with Crippen LogP contribution in [-0.2, 0) is 4.74 Å². The summed E-state index contributed by atoms with van der Waals surface area (Å²) < 4.78 is 6.78. The van der Waals surface area contributed by atoms with Crippen molar-refractivity contribution in [3.8, 4) is 0 Å². The van der Waals surface area contributed by atoms with E-state index in [1.54, 1.807) is 0 Å². The molecule has 1 aliphatic rings. The molecule has 0 N–H and O–H groups in total. The quantitative estimate of drug-likeness (QED) is 0.601. The Morgan fingerprint density at radius 2 is 2.07 bits per heavy atom. The van der Waals surface area contributed by atoms with Gasteiger partial charge in [-0.25, -0.2) is 0 Å². The smallest absolute Gasteiger partial charge is 0.0670 e. The first-order chi connectivity index (χ1) is 6.90. The SMILES string of the molecule is ICC1CC(c2ccccc2)CCO1. The van der Waals surface area contributed by atoms with E-state index in [9.17, 15) is 0 Å². The van der Waals surface area contributed by atoms with Gasteiger partial charge in [0.15, 0.2) is 0 Å². The van der Waals surface area contributed by atoms with Crippen LogP contribution in [0, 0.1) is 0 Å². The molecule has 1 aromatic rings. The average Bonchev–Trinajstić information content (AvgIpc) is 2.30. The second kappa shape index (κ2) is 5.12. The highest BCUT2D eigenvalue weighted by molar-refractivity contribution is 14.1. The van der Waals surface area contributed by atoms with Gasteiger partial charge in [0.2, 0.25) is 0 Å². The molecule has 0 aliphatic carbocycles. The van der Waals surface area contributed by atoms with Crippen molar-refractivity contribution in [2.75, 3.05) is 11.0 Å². The molecule has 1 saturated heterocycles. The Bertz CT molecular complexity index is 273. The zero-order valence-electron chi connectivity index (χ0n) is 8.16. The number of halogens is 1. The first-order valence-corrected chi connectivity index (χ1v) is 6.65. The third kappa shape index (κ3) is 2.48. The predicted octanol–water partition coefficient (Wildman–Crippen LogP) is 3.38. The number of rotatable bonds is 2. The molecule has 0 bridgehead atoms. The Hall–Kier alpha value is -0.0900. The summed E-state index contributed by atoms with van der Waals surface area (Å²) in [6, 6.07) is 10.8. The molecule has 0 radical (unpaired) electrons. The lowest BCUT2D eigenvalue weighted by Crippen LogP contribution is -2.25. The first-order valence-electron chi connectivity index (χ1n) is 5.12. The van der Waals surface area contributed by atoms with Crippen LogP contribution in [-0.4, -0.2) is 17.1 Å². The standard InChI is InChI=1S/C12H15IO/c13-9-12-8-11(6-7-14-12)10-4-2-1-3-5-10/h1-5,11-12H,6-9H2. The van der Waals surface area contributed by atoms with Crippen molar-refractivity contribution in [1.29, 1.82) is 0 Å². The van der Waals surface area contributed by atoms with Crippen LogP contribution >= 0.6 is 22.6 Å². The topological polar surface area (TPSA) is 9.23 Å². The highest BCUT2D eigenvalue weighted by Gasteiger charge is 2.22. The minimum atomic E-state index is 0.467. The predicted molar refractivity (Wildman–Crippen MR) is 67.0 cm³/mol. The molecule has 1 nitrogen and oxygen atoms in total. The van der Waals surface area contributed by atoms with Gasteiger partial charge in [-0.05, 0) is 24.3 Å². The van der Waals surface area contributed by atoms with E-state index < -0.39 is 0 Å². The lowest BCUT2D eigenvalue weighted by atomic mass is 9.89. The Kier molecular flexibility index (Phi) is 3.81. The molecule has 0 amide bonds. The fraction of sp³-hybridized carbons (Fsp3) is 0.500. The van der Waals surface area contributed by atoms with E-state index in [4.69, 9.17) is 4.74 Å². The minimum Gasteiger partial charge on any atom is -0.377 e. The summed E-state index contributed by atoms with van der Waals surface area (Å²) in [6.07, 6.45) is 2.83. The summed E-state index contributed by atoms with van der Waals surface area (Å²) in [4.78, 5) is 0. The van der Waals surface area contributed by atoms with Crippen LogP contribution in [0.3, 0.4) is 0 Å². The molecule has 76 valence electrons. The molecule has 14 heavy (non-hydrogen) atoms. The van der Waals surface area contributed by atoms with Gasteiger partial charge in [0.05, 0.1) is 6.10 Å². The Balaban J connectivity index is 2.04. The van der Waals surface area contributed by atoms with Crippen molar-refractivity contribution >= 4 is 22.6 Å². The summed E-state index contributed by atoms with van der Waals surface area (Å²) in [5, 5.41) is 0. The number of hydrogen-bond donors (Lipinski definition) is 0. The van der Waals surface area contributed by atoms with Gasteiger partial charge in [0.25, 0.3) is 0 Å². The molecule has 0 saturated carbocycles. The number of ether oxygens (including phenoxy) is 1. The molecule has 0 spiro atoms. The van der Waals surface area contributed by atoms with Crippen LogP contribution in [0.1, 0.15) is 24.3 Å². The van der Waals surface area contributed by atoms with Crippen LogP contribution in [0.2, 0.25) is 0 Å². The van der Waals surface area contributed by atoms with E-state index in [-0.39, 0.29) is 0 Å². The summed E-state index contributed by atoms with van der Waals surface area (Å²) in [5.74, 6) is 0.713. The first kappa shape index (κ1) is 10.4. The third-order valence-electron chi connectivity index (χ3n) is 2.81. The maximum atomic E-state index is 5.67. The molecule has 1 heterocycles. The largest absolute Gasteiger partial charge is 0.377 e. The van der Waals surface area contributed by atoms with Crippen molar-refractivity contribution in [1.82, 2.24) is 0 Å². The number of benzene rings is 1. The van der Waals surface area contributed by atoms with Gasteiger partial charge in [0, 0.05) is 11.0 Å². The van der Waals surface area contributed by atoms with Crippen LogP contribution in [0.5, 0.6) is 0 Å². The third-order valence-corrected chi connectivity index (χ3v) is 3.79. The van der Waals surface area contributed by atoms with E-state index in [0.29, 0.717) is 12.0 Å². The highest BCUT2D eigenvalue weighted by Crippen LogP contribution is 2.30. The number of hydrogen-bond acceptors (Lipinski definition) is 1. The summed E-state index contributed by atoms with van der Waals surface area (Å²) >= 11 is 2.41. The van der Waals surface area contributed by atoms with Crippen molar-refractivity contribution in [2.45, 2.75) is 24.9 Å². The molecule has 1 fully saturated rings. The van der Waals surface area contributed by atoms with Crippen molar-refractivity contribution in [3.63, 3.8) is 0 Å². The molecule has 1 aromatic carbocycles. The molecular weight excluding hydrogens is 287 g/mol. The molecule has 0 aromatic heterocycles. The van der Waals surface area contributed by atoms with Gasteiger partial charge < -0.3 is 4.74 Å². The minimum absolute atomic E-state index is 0.467. The Morgan fingerprint density at radius 3 is 2.79 bits per heavy atom. The molecule has 2 atom stereocenters. The fourth-order valence-corrected chi connectivity index (χ4v) is 2.63. The van der Waals surface area contributed by atoms with Gasteiger partial charge in [0.1, 0.15) is 0 Å². The van der Waals surface area contributed by atoms with Crippen LogP contribution in [0.4, 0.5) is 0 Å². The van der Waals surface area contributed by atoms with Gasteiger partial charge in [-0.2, -0.15) is 0 Å². The van der Waals surface area contributed by atoms with Gasteiger partial charge in [-0.15, -0.1) is 0 Å². The lowest BCUT2D eigenvalue weighted by molar-refractivity contribution is 0.0233. The van der Waals surface area contributed by atoms with E-state index in [0.717, 1.165) is 11.0 Å². The van der Waals surface area contributed by atoms with E-state index >= 15 is 0 Å². The van der Waals surface area contributed by atoms with E-state index in [1.165, 1.54) is 18.4 Å². The maximum Gasteiger partial charge on any atom is 0.0670 e. The molecule has 2 rings (SSSR count). The molecular formula is C12H15IO. The molecule has 1 aliphatic heterocycles. The lowest BCUT2D eigenvalue weighted by Gasteiger charge is -2.28. The van der Waals surface area contributed by atoms with Crippen molar-refractivity contribution in [3.05, 3.63) is 35.9 Å². The summed E-state index contributed by atoms with van der Waals surface area (Å²) in [5.41, 5.74) is 1.48. The second-order valence-electron chi connectivity index (χ2n) is 3.78. The molecule has 2 unspecified atom stereocenters. The normalized spacial score (nSPS) is 27.5. The average molecular weight is 302 g/mol. The van der Waals surface area contributed by atoms with Crippen LogP contribution < -0.4 is 0 Å². The number of alkyl halides is 1. The van der Waals surface area contributed by atoms with Gasteiger partial charge >= 0.3 is 0 Å². The second-order valence-corrected chi connectivity index (χ2v) is 4.66. The summed E-state index contributed by atoms with van der Waals surface area (Å²) in [7, 11) is 0. The van der Waals surface area contributed by atoms with Crippen LogP contribution in [0.15, 0.2) is 30.3 Å². The Labute approximate surface area is 99.0 Å². The van der Waals surface area contributed by atoms with Crippen molar-refractivity contribution < 1.29 is 4.74 Å². The van der Waals surface area contributed by atoms with Gasteiger partial charge in [-0.1, -0.05) is 52.9 Å².